The highest BCUT2D eigenvalue weighted by Gasteiger charge is 2.29. The smallest absolute Gasteiger partial charge is 0.226 e. The van der Waals surface area contributed by atoms with Gasteiger partial charge in [-0.1, -0.05) is 25.3 Å². The molecule has 1 aromatic carbocycles. The Balaban J connectivity index is 1.95. The van der Waals surface area contributed by atoms with E-state index in [1.165, 1.54) is 17.5 Å². The van der Waals surface area contributed by atoms with Crippen LogP contribution in [-0.2, 0) is 4.79 Å². The topological polar surface area (TPSA) is 55.1 Å². The fraction of sp³-hybridized carbons (Fsp3) is 0.562. The van der Waals surface area contributed by atoms with Crippen LogP contribution in [0.3, 0.4) is 0 Å². The number of hydrogen-bond acceptors (Lipinski definition) is 2. The molecule has 1 aromatic rings. The minimum absolute atomic E-state index is 0.0349. The molecule has 1 aliphatic carbocycles. The number of nitrogens with one attached hydrogen (secondary N) is 1. The Morgan fingerprint density at radius 3 is 2.53 bits per heavy atom. The van der Waals surface area contributed by atoms with E-state index >= 15 is 0 Å². The van der Waals surface area contributed by atoms with Crippen molar-refractivity contribution in [2.45, 2.75) is 57.9 Å². The minimum Gasteiger partial charge on any atom is -0.326 e. The Bertz CT molecular complexity index is 462. The first-order valence-electron chi connectivity index (χ1n) is 7.15. The van der Waals surface area contributed by atoms with Crippen molar-refractivity contribution in [3.63, 3.8) is 0 Å². The monoisotopic (exact) mass is 260 g/mol. The van der Waals surface area contributed by atoms with Gasteiger partial charge in [-0.15, -0.1) is 0 Å². The third-order valence-electron chi connectivity index (χ3n) is 4.15. The number of hydrogen-bond donors (Lipinski definition) is 2. The highest BCUT2D eigenvalue weighted by Crippen LogP contribution is 2.29. The zero-order valence-corrected chi connectivity index (χ0v) is 12.0. The van der Waals surface area contributed by atoms with E-state index in [4.69, 9.17) is 5.73 Å². The Hall–Kier alpha value is -1.35. The van der Waals surface area contributed by atoms with E-state index in [9.17, 15) is 4.79 Å². The Labute approximate surface area is 115 Å². The molecule has 3 heteroatoms. The number of rotatable bonds is 3. The normalized spacial score (nSPS) is 18.1. The number of nitrogens with two attached hydrogens (primary N) is 1. The van der Waals surface area contributed by atoms with Gasteiger partial charge in [-0.05, 0) is 49.9 Å². The molecule has 1 aliphatic rings. The van der Waals surface area contributed by atoms with Gasteiger partial charge in [-0.2, -0.15) is 0 Å². The van der Waals surface area contributed by atoms with Gasteiger partial charge in [0.05, 0.1) is 0 Å². The molecule has 0 bridgehead atoms. The fourth-order valence-electron chi connectivity index (χ4n) is 2.78. The summed E-state index contributed by atoms with van der Waals surface area (Å²) in [5, 5.41) is 2.96. The molecular formula is C16H24N2O. The standard InChI is InChI=1S/C16H24N2O/c1-12-6-7-14(10-13(12)2)18-15(19)11-16(17)8-4-3-5-9-16/h6-7,10H,3-5,8-9,11,17H2,1-2H3,(H,18,19). The third-order valence-corrected chi connectivity index (χ3v) is 4.15. The molecule has 0 aliphatic heterocycles. The molecule has 3 N–H and O–H groups in total. The largest absolute Gasteiger partial charge is 0.326 e. The SMILES string of the molecule is Cc1ccc(NC(=O)CC2(N)CCCCC2)cc1C. The summed E-state index contributed by atoms with van der Waals surface area (Å²) in [7, 11) is 0. The van der Waals surface area contributed by atoms with Gasteiger partial charge in [0.1, 0.15) is 0 Å². The molecule has 19 heavy (non-hydrogen) atoms. The lowest BCUT2D eigenvalue weighted by Gasteiger charge is -2.32. The molecule has 1 amide bonds. The van der Waals surface area contributed by atoms with Gasteiger partial charge < -0.3 is 11.1 Å². The maximum absolute atomic E-state index is 12.1. The number of carbonyl (C=O) groups excluding carboxylic acids is 1. The van der Waals surface area contributed by atoms with Gasteiger partial charge in [-0.3, -0.25) is 4.79 Å². The zero-order chi connectivity index (χ0) is 13.9. The van der Waals surface area contributed by atoms with Gasteiger partial charge in [0.15, 0.2) is 0 Å². The third kappa shape index (κ3) is 3.80. The van der Waals surface area contributed by atoms with Crippen LogP contribution in [-0.4, -0.2) is 11.4 Å². The van der Waals surface area contributed by atoms with E-state index in [2.05, 4.69) is 19.2 Å². The van der Waals surface area contributed by atoms with Crippen LogP contribution in [0.15, 0.2) is 18.2 Å². The van der Waals surface area contributed by atoms with E-state index in [0.29, 0.717) is 6.42 Å². The summed E-state index contributed by atoms with van der Waals surface area (Å²) >= 11 is 0. The summed E-state index contributed by atoms with van der Waals surface area (Å²) in [5.74, 6) is 0.0349. The first-order chi connectivity index (χ1) is 8.98. The minimum atomic E-state index is -0.290. The molecule has 2 rings (SSSR count). The van der Waals surface area contributed by atoms with Gasteiger partial charge >= 0.3 is 0 Å². The maximum Gasteiger partial charge on any atom is 0.226 e. The maximum atomic E-state index is 12.1. The van der Waals surface area contributed by atoms with Crippen molar-refractivity contribution in [1.82, 2.24) is 0 Å². The van der Waals surface area contributed by atoms with Crippen molar-refractivity contribution in [1.29, 1.82) is 0 Å². The molecule has 1 fully saturated rings. The predicted octanol–water partition coefficient (Wildman–Crippen LogP) is 3.29. The van der Waals surface area contributed by atoms with Crippen molar-refractivity contribution in [2.24, 2.45) is 5.73 Å². The van der Waals surface area contributed by atoms with Crippen molar-refractivity contribution in [3.8, 4) is 0 Å². The molecule has 0 aromatic heterocycles. The summed E-state index contributed by atoms with van der Waals surface area (Å²) < 4.78 is 0. The van der Waals surface area contributed by atoms with Gasteiger partial charge in [0.25, 0.3) is 0 Å². The van der Waals surface area contributed by atoms with E-state index in [-0.39, 0.29) is 11.4 Å². The first kappa shape index (κ1) is 14.1. The van der Waals surface area contributed by atoms with E-state index in [0.717, 1.165) is 31.4 Å². The van der Waals surface area contributed by atoms with Crippen LogP contribution < -0.4 is 11.1 Å². The van der Waals surface area contributed by atoms with Crippen molar-refractivity contribution < 1.29 is 4.79 Å². The summed E-state index contributed by atoms with van der Waals surface area (Å²) in [6, 6.07) is 5.99. The Morgan fingerprint density at radius 2 is 1.89 bits per heavy atom. The molecule has 3 nitrogen and oxygen atoms in total. The van der Waals surface area contributed by atoms with E-state index in [1.54, 1.807) is 0 Å². The van der Waals surface area contributed by atoms with Gasteiger partial charge in [0.2, 0.25) is 5.91 Å². The van der Waals surface area contributed by atoms with E-state index in [1.807, 2.05) is 18.2 Å². The molecule has 0 radical (unpaired) electrons. The van der Waals surface area contributed by atoms with Crippen LogP contribution >= 0.6 is 0 Å². The van der Waals surface area contributed by atoms with Crippen LogP contribution in [0, 0.1) is 13.8 Å². The number of aryl methyl sites for hydroxylation is 2. The Kier molecular flexibility index (Phi) is 4.25. The second kappa shape index (κ2) is 5.74. The van der Waals surface area contributed by atoms with Crippen LogP contribution in [0.25, 0.3) is 0 Å². The van der Waals surface area contributed by atoms with Crippen molar-refractivity contribution in [2.75, 3.05) is 5.32 Å². The number of amides is 1. The second-order valence-electron chi connectivity index (χ2n) is 5.95. The highest BCUT2D eigenvalue weighted by atomic mass is 16.1. The summed E-state index contributed by atoms with van der Waals surface area (Å²) in [6.07, 6.45) is 5.90. The number of benzene rings is 1. The van der Waals surface area contributed by atoms with Crippen molar-refractivity contribution >= 4 is 11.6 Å². The molecule has 0 atom stereocenters. The number of anilines is 1. The van der Waals surface area contributed by atoms with Crippen LogP contribution in [0.1, 0.15) is 49.7 Å². The molecule has 0 unspecified atom stereocenters. The van der Waals surface area contributed by atoms with E-state index < -0.39 is 0 Å². The lowest BCUT2D eigenvalue weighted by atomic mass is 9.80. The quantitative estimate of drug-likeness (QED) is 0.876. The lowest BCUT2D eigenvalue weighted by Crippen LogP contribution is -2.44. The van der Waals surface area contributed by atoms with Gasteiger partial charge in [-0.25, -0.2) is 0 Å². The first-order valence-corrected chi connectivity index (χ1v) is 7.15. The Morgan fingerprint density at radius 1 is 1.21 bits per heavy atom. The zero-order valence-electron chi connectivity index (χ0n) is 12.0. The molecular weight excluding hydrogens is 236 g/mol. The van der Waals surface area contributed by atoms with Crippen LogP contribution in [0.5, 0.6) is 0 Å². The average molecular weight is 260 g/mol. The van der Waals surface area contributed by atoms with Crippen LogP contribution in [0.2, 0.25) is 0 Å². The van der Waals surface area contributed by atoms with Crippen molar-refractivity contribution in [3.05, 3.63) is 29.3 Å². The molecule has 104 valence electrons. The van der Waals surface area contributed by atoms with Crippen LogP contribution in [0.4, 0.5) is 5.69 Å². The lowest BCUT2D eigenvalue weighted by molar-refractivity contribution is -0.117. The summed E-state index contributed by atoms with van der Waals surface area (Å²) in [4.78, 5) is 12.1. The predicted molar refractivity (Wildman–Crippen MR) is 79.2 cm³/mol. The fourth-order valence-corrected chi connectivity index (χ4v) is 2.78. The molecule has 1 saturated carbocycles. The highest BCUT2D eigenvalue weighted by molar-refractivity contribution is 5.91. The number of carbonyl (C=O) groups is 1. The molecule has 0 heterocycles. The summed E-state index contributed by atoms with van der Waals surface area (Å²) in [6.45, 7) is 4.12. The second-order valence-corrected chi connectivity index (χ2v) is 5.95. The van der Waals surface area contributed by atoms with Gasteiger partial charge in [0, 0.05) is 17.6 Å². The summed E-state index contributed by atoms with van der Waals surface area (Å²) in [5.41, 5.74) is 9.31. The average Bonchev–Trinajstić information content (AvgIpc) is 2.34. The molecule has 0 saturated heterocycles. The molecule has 0 spiro atoms.